The first-order chi connectivity index (χ1) is 18.6. The van der Waals surface area contributed by atoms with Gasteiger partial charge in [-0.05, 0) is 88.3 Å². The van der Waals surface area contributed by atoms with E-state index in [4.69, 9.17) is 19.6 Å². The fourth-order valence-electron chi connectivity index (χ4n) is 4.65. The highest BCUT2D eigenvalue weighted by molar-refractivity contribution is 6.05. The van der Waals surface area contributed by atoms with Crippen molar-refractivity contribution in [2.75, 3.05) is 31.6 Å². The SMILES string of the molecule is CCOC(=O)c1ccc(NC(=O)c2cn3nc(-c4ccc(OCC)cc4)cc3nc2C2CCNCC2)cc1.Cl. The molecule has 1 fully saturated rings. The molecule has 0 bridgehead atoms. The summed E-state index contributed by atoms with van der Waals surface area (Å²) >= 11 is 0. The highest BCUT2D eigenvalue weighted by atomic mass is 35.5. The number of nitrogens with one attached hydrogen (secondary N) is 2. The van der Waals surface area contributed by atoms with Crippen LogP contribution in [0, 0.1) is 0 Å². The lowest BCUT2D eigenvalue weighted by atomic mass is 9.91. The van der Waals surface area contributed by atoms with Gasteiger partial charge in [-0.1, -0.05) is 0 Å². The summed E-state index contributed by atoms with van der Waals surface area (Å²) in [7, 11) is 0. The van der Waals surface area contributed by atoms with Gasteiger partial charge >= 0.3 is 5.97 Å². The van der Waals surface area contributed by atoms with Crippen LogP contribution in [0.2, 0.25) is 0 Å². The van der Waals surface area contributed by atoms with Gasteiger partial charge in [0.25, 0.3) is 5.91 Å². The van der Waals surface area contributed by atoms with Crippen molar-refractivity contribution < 1.29 is 19.1 Å². The number of amides is 1. The molecule has 2 N–H and O–H groups in total. The summed E-state index contributed by atoms with van der Waals surface area (Å²) in [4.78, 5) is 30.4. The number of esters is 1. The van der Waals surface area contributed by atoms with Crippen molar-refractivity contribution >= 4 is 35.6 Å². The Bertz CT molecular complexity index is 1430. The number of hydrogen-bond donors (Lipinski definition) is 2. The second kappa shape index (κ2) is 12.7. The minimum atomic E-state index is -0.393. The third-order valence-electron chi connectivity index (χ3n) is 6.56. The Morgan fingerprint density at radius 3 is 2.41 bits per heavy atom. The Hall–Kier alpha value is -3.95. The molecule has 1 aliphatic heterocycles. The lowest BCUT2D eigenvalue weighted by Gasteiger charge is -2.24. The molecular formula is C29H32ClN5O4. The van der Waals surface area contributed by atoms with Gasteiger partial charge in [0.05, 0.1) is 35.7 Å². The number of carbonyl (C=O) groups excluding carboxylic acids is 2. The summed E-state index contributed by atoms with van der Waals surface area (Å²) < 4.78 is 12.2. The molecule has 39 heavy (non-hydrogen) atoms. The van der Waals surface area contributed by atoms with E-state index in [1.165, 1.54) is 0 Å². The number of aromatic nitrogens is 3. The first-order valence-electron chi connectivity index (χ1n) is 13.0. The van der Waals surface area contributed by atoms with E-state index in [9.17, 15) is 9.59 Å². The molecule has 2 aromatic carbocycles. The number of piperidine rings is 1. The van der Waals surface area contributed by atoms with Gasteiger partial charge in [-0.15, -0.1) is 12.4 Å². The lowest BCUT2D eigenvalue weighted by molar-refractivity contribution is 0.0526. The van der Waals surface area contributed by atoms with Crippen LogP contribution in [-0.4, -0.2) is 52.8 Å². The van der Waals surface area contributed by atoms with Gasteiger partial charge in [0.2, 0.25) is 0 Å². The molecule has 5 rings (SSSR count). The van der Waals surface area contributed by atoms with Crippen LogP contribution in [0.5, 0.6) is 5.75 Å². The average Bonchev–Trinajstić information content (AvgIpc) is 3.37. The van der Waals surface area contributed by atoms with Crippen molar-refractivity contribution in [2.45, 2.75) is 32.6 Å². The van der Waals surface area contributed by atoms with Crippen molar-refractivity contribution in [1.29, 1.82) is 0 Å². The summed E-state index contributed by atoms with van der Waals surface area (Å²) in [5, 5.41) is 11.0. The third-order valence-corrected chi connectivity index (χ3v) is 6.56. The smallest absolute Gasteiger partial charge is 0.338 e. The molecule has 0 atom stereocenters. The molecule has 10 heteroatoms. The van der Waals surface area contributed by atoms with E-state index in [0.29, 0.717) is 35.7 Å². The van der Waals surface area contributed by atoms with E-state index in [-0.39, 0.29) is 24.2 Å². The number of ether oxygens (including phenoxy) is 2. The number of carbonyl (C=O) groups is 2. The fourth-order valence-corrected chi connectivity index (χ4v) is 4.65. The number of rotatable bonds is 8. The molecule has 204 valence electrons. The van der Waals surface area contributed by atoms with Crippen LogP contribution in [0.3, 0.4) is 0 Å². The molecule has 9 nitrogen and oxygen atoms in total. The van der Waals surface area contributed by atoms with E-state index in [1.54, 1.807) is 41.9 Å². The number of anilines is 1. The van der Waals surface area contributed by atoms with Crippen molar-refractivity contribution in [3.8, 4) is 17.0 Å². The second-order valence-electron chi connectivity index (χ2n) is 9.11. The lowest BCUT2D eigenvalue weighted by Crippen LogP contribution is -2.29. The number of hydrogen-bond acceptors (Lipinski definition) is 7. The predicted molar refractivity (Wildman–Crippen MR) is 152 cm³/mol. The Morgan fingerprint density at radius 2 is 1.74 bits per heavy atom. The van der Waals surface area contributed by atoms with Crippen molar-refractivity contribution in [1.82, 2.24) is 19.9 Å². The van der Waals surface area contributed by atoms with Crippen LogP contribution in [0.1, 0.15) is 59.0 Å². The fraction of sp³-hybridized carbons (Fsp3) is 0.310. The minimum absolute atomic E-state index is 0. The first kappa shape index (κ1) is 28.1. The topological polar surface area (TPSA) is 107 Å². The number of benzene rings is 2. The molecule has 3 heterocycles. The normalized spacial score (nSPS) is 13.5. The predicted octanol–water partition coefficient (Wildman–Crippen LogP) is 5.11. The molecule has 0 aliphatic carbocycles. The summed E-state index contributed by atoms with van der Waals surface area (Å²) in [5.41, 5.74) is 4.67. The van der Waals surface area contributed by atoms with E-state index in [2.05, 4.69) is 10.6 Å². The molecule has 1 amide bonds. The maximum absolute atomic E-state index is 13.5. The quantitative estimate of drug-likeness (QED) is 0.294. The van der Waals surface area contributed by atoms with E-state index < -0.39 is 5.97 Å². The summed E-state index contributed by atoms with van der Waals surface area (Å²) in [5.74, 6) is 0.308. The highest BCUT2D eigenvalue weighted by Crippen LogP contribution is 2.29. The zero-order valence-corrected chi connectivity index (χ0v) is 22.8. The minimum Gasteiger partial charge on any atom is -0.494 e. The third kappa shape index (κ3) is 6.38. The highest BCUT2D eigenvalue weighted by Gasteiger charge is 2.25. The van der Waals surface area contributed by atoms with Crippen LogP contribution in [-0.2, 0) is 4.74 Å². The van der Waals surface area contributed by atoms with Crippen LogP contribution < -0.4 is 15.4 Å². The largest absolute Gasteiger partial charge is 0.494 e. The van der Waals surface area contributed by atoms with Crippen molar-refractivity contribution in [2.24, 2.45) is 0 Å². The molecular weight excluding hydrogens is 518 g/mol. The van der Waals surface area contributed by atoms with Crippen molar-refractivity contribution in [3.05, 3.63) is 77.6 Å². The van der Waals surface area contributed by atoms with Gasteiger partial charge in [0, 0.05) is 29.4 Å². The zero-order valence-electron chi connectivity index (χ0n) is 22.0. The van der Waals surface area contributed by atoms with E-state index in [0.717, 1.165) is 48.6 Å². The van der Waals surface area contributed by atoms with Gasteiger partial charge in [0.1, 0.15) is 5.75 Å². The molecule has 0 radical (unpaired) electrons. The Kier molecular flexibility index (Phi) is 9.16. The second-order valence-corrected chi connectivity index (χ2v) is 9.11. The molecule has 1 aliphatic rings. The van der Waals surface area contributed by atoms with Gasteiger partial charge < -0.3 is 20.1 Å². The van der Waals surface area contributed by atoms with Crippen LogP contribution in [0.15, 0.2) is 60.8 Å². The summed E-state index contributed by atoms with van der Waals surface area (Å²) in [6, 6.07) is 16.4. The number of fused-ring (bicyclic) bond motifs is 1. The van der Waals surface area contributed by atoms with Crippen LogP contribution >= 0.6 is 12.4 Å². The van der Waals surface area contributed by atoms with Crippen LogP contribution in [0.25, 0.3) is 16.9 Å². The number of nitrogens with zero attached hydrogens (tertiary/aromatic N) is 3. The number of halogens is 1. The van der Waals surface area contributed by atoms with Crippen molar-refractivity contribution in [3.63, 3.8) is 0 Å². The molecule has 0 spiro atoms. The van der Waals surface area contributed by atoms with E-state index in [1.807, 2.05) is 37.3 Å². The molecule has 4 aromatic rings. The summed E-state index contributed by atoms with van der Waals surface area (Å²) in [6.45, 7) is 6.39. The van der Waals surface area contributed by atoms with Gasteiger partial charge in [-0.25, -0.2) is 14.3 Å². The Balaban J connectivity index is 0.00000353. The first-order valence-corrected chi connectivity index (χ1v) is 13.0. The monoisotopic (exact) mass is 549 g/mol. The van der Waals surface area contributed by atoms with E-state index >= 15 is 0 Å². The van der Waals surface area contributed by atoms with Gasteiger partial charge in [0.15, 0.2) is 5.65 Å². The molecule has 0 unspecified atom stereocenters. The Labute approximate surface area is 233 Å². The molecule has 0 saturated carbocycles. The maximum atomic E-state index is 13.5. The van der Waals surface area contributed by atoms with Crippen LogP contribution in [0.4, 0.5) is 5.69 Å². The Morgan fingerprint density at radius 1 is 1.03 bits per heavy atom. The summed E-state index contributed by atoms with van der Waals surface area (Å²) in [6.07, 6.45) is 3.56. The molecule has 1 saturated heterocycles. The zero-order chi connectivity index (χ0) is 26.5. The van der Waals surface area contributed by atoms with Gasteiger partial charge in [-0.3, -0.25) is 4.79 Å². The molecule has 2 aromatic heterocycles. The average molecular weight is 550 g/mol. The standard InChI is InChI=1S/C29H31N5O4.ClH/c1-3-37-23-11-7-19(8-12-23)25-17-26-32-27(20-13-15-30-16-14-20)24(18-34(26)33-25)28(35)31-22-9-5-21(6-10-22)29(36)38-4-2;/h5-12,17-18,20,30H,3-4,13-16H2,1-2H3,(H,31,35);1H. The van der Waals surface area contributed by atoms with Gasteiger partial charge in [-0.2, -0.15) is 5.10 Å². The maximum Gasteiger partial charge on any atom is 0.338 e.